The Balaban J connectivity index is 2.10. The number of hydrogen-bond acceptors (Lipinski definition) is 4. The summed E-state index contributed by atoms with van der Waals surface area (Å²) in [5.41, 5.74) is 0.837. The van der Waals surface area contributed by atoms with Crippen molar-refractivity contribution in [2.24, 2.45) is 0 Å². The van der Waals surface area contributed by atoms with E-state index in [2.05, 4.69) is 5.32 Å². The molecule has 0 heterocycles. The highest BCUT2D eigenvalue weighted by Gasteiger charge is 2.14. The molecule has 2 aromatic carbocycles. The van der Waals surface area contributed by atoms with Crippen molar-refractivity contribution in [3.8, 4) is 0 Å². The molecule has 0 spiro atoms. The van der Waals surface area contributed by atoms with E-state index in [0.29, 0.717) is 6.42 Å². The Morgan fingerprint density at radius 3 is 2.52 bits per heavy atom. The molecule has 1 unspecified atom stereocenters. The molecule has 0 aromatic heterocycles. The number of non-ortho nitro benzene ring substituents is 1. The van der Waals surface area contributed by atoms with Crippen LogP contribution in [0.3, 0.4) is 0 Å². The molecule has 21 heavy (non-hydrogen) atoms. The third-order valence-electron chi connectivity index (χ3n) is 3.07. The molecule has 0 fully saturated rings. The van der Waals surface area contributed by atoms with Crippen LogP contribution in [0.15, 0.2) is 48.5 Å². The van der Waals surface area contributed by atoms with Crippen molar-refractivity contribution in [2.75, 3.05) is 11.9 Å². The average molecular weight is 290 g/mol. The van der Waals surface area contributed by atoms with Gasteiger partial charge in [0.1, 0.15) is 0 Å². The number of aliphatic hydroxyl groups excluding tert-OH is 1. The molecule has 0 bridgehead atoms. The van der Waals surface area contributed by atoms with Crippen molar-refractivity contribution in [1.29, 1.82) is 0 Å². The van der Waals surface area contributed by atoms with Gasteiger partial charge in [-0.15, -0.1) is 0 Å². The maximum absolute atomic E-state index is 13.8. The molecule has 1 atom stereocenters. The number of nitro groups is 1. The van der Waals surface area contributed by atoms with Gasteiger partial charge in [-0.2, -0.15) is 0 Å². The van der Waals surface area contributed by atoms with Crippen LogP contribution in [-0.4, -0.2) is 22.7 Å². The van der Waals surface area contributed by atoms with E-state index < -0.39 is 10.7 Å². The average Bonchev–Trinajstić information content (AvgIpc) is 2.49. The maximum atomic E-state index is 13.8. The summed E-state index contributed by atoms with van der Waals surface area (Å²) in [6, 6.07) is 12.5. The zero-order valence-corrected chi connectivity index (χ0v) is 11.2. The molecule has 0 aliphatic rings. The Hall–Kier alpha value is -2.47. The summed E-state index contributed by atoms with van der Waals surface area (Å²) in [7, 11) is 0. The Labute approximate surface area is 121 Å². The molecule has 0 aliphatic heterocycles. The predicted molar refractivity (Wildman–Crippen MR) is 77.7 cm³/mol. The predicted octanol–water partition coefficient (Wildman–Crippen LogP) is 2.75. The van der Waals surface area contributed by atoms with Crippen LogP contribution in [-0.2, 0) is 6.42 Å². The van der Waals surface area contributed by atoms with Crippen molar-refractivity contribution < 1.29 is 14.4 Å². The first-order valence-corrected chi connectivity index (χ1v) is 6.45. The van der Waals surface area contributed by atoms with E-state index in [1.165, 1.54) is 12.1 Å². The van der Waals surface area contributed by atoms with Crippen LogP contribution in [0, 0.1) is 15.9 Å². The van der Waals surface area contributed by atoms with Gasteiger partial charge in [-0.1, -0.05) is 30.3 Å². The van der Waals surface area contributed by atoms with Gasteiger partial charge in [0, 0.05) is 6.07 Å². The van der Waals surface area contributed by atoms with Crippen molar-refractivity contribution in [1.82, 2.24) is 0 Å². The topological polar surface area (TPSA) is 75.4 Å². The summed E-state index contributed by atoms with van der Waals surface area (Å²) in [5, 5.41) is 22.8. The van der Waals surface area contributed by atoms with Gasteiger partial charge >= 0.3 is 0 Å². The van der Waals surface area contributed by atoms with Crippen molar-refractivity contribution in [2.45, 2.75) is 12.5 Å². The minimum absolute atomic E-state index is 0.135. The molecule has 0 amide bonds. The lowest BCUT2D eigenvalue weighted by atomic mass is 10.1. The van der Waals surface area contributed by atoms with Crippen LogP contribution in [0.2, 0.25) is 0 Å². The zero-order valence-electron chi connectivity index (χ0n) is 11.2. The minimum Gasteiger partial charge on any atom is -0.394 e. The highest BCUT2D eigenvalue weighted by atomic mass is 19.1. The molecule has 0 saturated carbocycles. The summed E-state index contributed by atoms with van der Waals surface area (Å²) in [5.74, 6) is -0.712. The molecule has 2 rings (SSSR count). The van der Waals surface area contributed by atoms with Crippen LogP contribution in [0.1, 0.15) is 5.56 Å². The van der Waals surface area contributed by atoms with Gasteiger partial charge in [-0.05, 0) is 18.1 Å². The van der Waals surface area contributed by atoms with Gasteiger partial charge < -0.3 is 10.4 Å². The van der Waals surface area contributed by atoms with Crippen LogP contribution in [0.5, 0.6) is 0 Å². The molecular formula is C15H15FN2O3. The van der Waals surface area contributed by atoms with Crippen LogP contribution < -0.4 is 5.32 Å². The number of hydrogen-bond donors (Lipinski definition) is 2. The Morgan fingerprint density at radius 2 is 1.95 bits per heavy atom. The SMILES string of the molecule is O=[N+]([O-])c1ccc(NC(CO)Cc2ccccc2)c(F)c1. The molecule has 0 aliphatic carbocycles. The molecule has 0 saturated heterocycles. The Kier molecular flexibility index (Phi) is 4.84. The fourth-order valence-corrected chi connectivity index (χ4v) is 2.01. The summed E-state index contributed by atoms with van der Waals surface area (Å²) in [4.78, 5) is 9.91. The van der Waals surface area contributed by atoms with Crippen molar-refractivity contribution >= 4 is 11.4 Å². The first-order valence-electron chi connectivity index (χ1n) is 6.45. The summed E-state index contributed by atoms with van der Waals surface area (Å²) >= 11 is 0. The first-order chi connectivity index (χ1) is 10.1. The number of rotatable bonds is 6. The Bertz CT molecular complexity index is 620. The molecule has 110 valence electrons. The highest BCUT2D eigenvalue weighted by Crippen LogP contribution is 2.21. The number of benzene rings is 2. The Morgan fingerprint density at radius 1 is 1.24 bits per heavy atom. The van der Waals surface area contributed by atoms with Gasteiger partial charge in [0.05, 0.1) is 29.3 Å². The second-order valence-electron chi connectivity index (χ2n) is 4.63. The molecular weight excluding hydrogens is 275 g/mol. The van der Waals surface area contributed by atoms with E-state index in [1.807, 2.05) is 30.3 Å². The van der Waals surface area contributed by atoms with Gasteiger partial charge in [0.15, 0.2) is 5.82 Å². The second kappa shape index (κ2) is 6.81. The van der Waals surface area contributed by atoms with E-state index >= 15 is 0 Å². The lowest BCUT2D eigenvalue weighted by molar-refractivity contribution is -0.385. The van der Waals surface area contributed by atoms with Crippen molar-refractivity contribution in [3.05, 3.63) is 70.0 Å². The van der Waals surface area contributed by atoms with E-state index in [4.69, 9.17) is 0 Å². The largest absolute Gasteiger partial charge is 0.394 e. The van der Waals surface area contributed by atoms with Crippen LogP contribution >= 0.6 is 0 Å². The molecule has 0 radical (unpaired) electrons. The standard InChI is InChI=1S/C15H15FN2O3/c16-14-9-13(18(20)21)6-7-15(14)17-12(10-19)8-11-4-2-1-3-5-11/h1-7,9,12,17,19H,8,10H2. The zero-order chi connectivity index (χ0) is 15.2. The second-order valence-corrected chi connectivity index (χ2v) is 4.63. The van der Waals surface area contributed by atoms with Crippen LogP contribution in [0.25, 0.3) is 0 Å². The number of nitrogens with zero attached hydrogens (tertiary/aromatic N) is 1. The smallest absolute Gasteiger partial charge is 0.272 e. The normalized spacial score (nSPS) is 11.9. The summed E-state index contributed by atoms with van der Waals surface area (Å²) in [6.45, 7) is -0.175. The lowest BCUT2D eigenvalue weighted by Gasteiger charge is -2.18. The van der Waals surface area contributed by atoms with Gasteiger partial charge in [0.2, 0.25) is 0 Å². The monoisotopic (exact) mass is 290 g/mol. The van der Waals surface area contributed by atoms with E-state index in [-0.39, 0.29) is 24.0 Å². The van der Waals surface area contributed by atoms with Gasteiger partial charge in [0.25, 0.3) is 5.69 Å². The molecule has 2 N–H and O–H groups in total. The van der Waals surface area contributed by atoms with Gasteiger partial charge in [-0.25, -0.2) is 4.39 Å². The maximum Gasteiger partial charge on any atom is 0.272 e. The van der Waals surface area contributed by atoms with E-state index in [9.17, 15) is 19.6 Å². The minimum atomic E-state index is -0.712. The molecule has 6 heteroatoms. The van der Waals surface area contributed by atoms with Gasteiger partial charge in [-0.3, -0.25) is 10.1 Å². The third kappa shape index (κ3) is 4.00. The number of halogens is 1. The molecule has 2 aromatic rings. The van der Waals surface area contributed by atoms with E-state index in [1.54, 1.807) is 0 Å². The highest BCUT2D eigenvalue weighted by molar-refractivity contribution is 5.51. The molecule has 5 nitrogen and oxygen atoms in total. The quantitative estimate of drug-likeness (QED) is 0.633. The number of aliphatic hydroxyl groups is 1. The van der Waals surface area contributed by atoms with Crippen LogP contribution in [0.4, 0.5) is 15.8 Å². The van der Waals surface area contributed by atoms with Crippen molar-refractivity contribution in [3.63, 3.8) is 0 Å². The number of anilines is 1. The van der Waals surface area contributed by atoms with E-state index in [0.717, 1.165) is 11.6 Å². The first kappa shape index (κ1) is 14.9. The number of nitrogens with one attached hydrogen (secondary N) is 1. The fourth-order valence-electron chi connectivity index (χ4n) is 2.01. The third-order valence-corrected chi connectivity index (χ3v) is 3.07. The fraction of sp³-hybridized carbons (Fsp3) is 0.200. The summed E-state index contributed by atoms with van der Waals surface area (Å²) in [6.07, 6.45) is 0.522. The number of nitro benzene ring substituents is 1. The summed E-state index contributed by atoms with van der Waals surface area (Å²) < 4.78 is 13.8. The lowest BCUT2D eigenvalue weighted by Crippen LogP contribution is -2.26.